The first-order valence-electron chi connectivity index (χ1n) is 9.97. The molecule has 4 heterocycles. The summed E-state index contributed by atoms with van der Waals surface area (Å²) >= 11 is 0. The lowest BCUT2D eigenvalue weighted by molar-refractivity contribution is -0.136. The second-order valence-electron chi connectivity index (χ2n) is 7.65. The number of fused-ring (bicyclic) bond motifs is 1. The molecule has 0 saturated carbocycles. The van der Waals surface area contributed by atoms with E-state index in [4.69, 9.17) is 9.26 Å². The summed E-state index contributed by atoms with van der Waals surface area (Å²) in [6.45, 7) is 2.41. The summed E-state index contributed by atoms with van der Waals surface area (Å²) in [5.74, 6) is 1.17. The Morgan fingerprint density at radius 1 is 1.28 bits per heavy atom. The molecule has 3 aromatic rings. The summed E-state index contributed by atoms with van der Waals surface area (Å²) in [5.41, 5.74) is 3.92. The maximum atomic E-state index is 12.8. The van der Waals surface area contributed by atoms with Gasteiger partial charge in [0.05, 0.1) is 12.5 Å². The van der Waals surface area contributed by atoms with E-state index in [1.807, 2.05) is 47.0 Å². The monoisotopic (exact) mass is 393 g/mol. The first kappa shape index (κ1) is 18.1. The van der Waals surface area contributed by atoms with Gasteiger partial charge in [0.25, 0.3) is 5.89 Å². The number of hydrogen-bond acceptors (Lipinski definition) is 6. The van der Waals surface area contributed by atoms with Gasteiger partial charge in [-0.25, -0.2) is 0 Å². The van der Waals surface area contributed by atoms with E-state index in [9.17, 15) is 4.79 Å². The number of aryl methyl sites for hydroxylation is 1. The van der Waals surface area contributed by atoms with Crippen LogP contribution in [-0.4, -0.2) is 50.5 Å². The average Bonchev–Trinajstić information content (AvgIpc) is 3.49. The minimum absolute atomic E-state index is 0.0300. The number of aromatic nitrogens is 4. The number of rotatable bonds is 4. The van der Waals surface area contributed by atoms with Crippen LogP contribution in [0.25, 0.3) is 11.6 Å². The van der Waals surface area contributed by atoms with E-state index in [1.54, 1.807) is 0 Å². The van der Waals surface area contributed by atoms with Crippen LogP contribution in [0.1, 0.15) is 29.1 Å². The van der Waals surface area contributed by atoms with Crippen LogP contribution in [0.2, 0.25) is 0 Å². The standard InChI is InChI=1S/C21H23N5O3/c1-25-17-7-9-26(21(27)15-8-10-28-13-15)12-16(17)19(23-25)20-22-18(24-29-20)11-14-5-3-2-4-6-14/h2-6,15H,7-13H2,1H3/t15-/m0/s1. The number of benzene rings is 1. The van der Waals surface area contributed by atoms with Gasteiger partial charge < -0.3 is 14.2 Å². The van der Waals surface area contributed by atoms with Gasteiger partial charge in [-0.3, -0.25) is 9.48 Å². The van der Waals surface area contributed by atoms with E-state index >= 15 is 0 Å². The van der Waals surface area contributed by atoms with Crippen LogP contribution in [-0.2, 0) is 36.0 Å². The summed E-state index contributed by atoms with van der Waals surface area (Å²) in [5, 5.41) is 8.76. The fourth-order valence-corrected chi connectivity index (χ4v) is 4.14. The molecule has 1 aromatic carbocycles. The highest BCUT2D eigenvalue weighted by molar-refractivity contribution is 5.79. The molecule has 0 spiro atoms. The Morgan fingerprint density at radius 2 is 2.14 bits per heavy atom. The van der Waals surface area contributed by atoms with E-state index in [1.165, 1.54) is 0 Å². The van der Waals surface area contributed by atoms with Crippen molar-refractivity contribution in [2.24, 2.45) is 13.0 Å². The van der Waals surface area contributed by atoms with Crippen molar-refractivity contribution in [3.05, 3.63) is 53.0 Å². The second-order valence-corrected chi connectivity index (χ2v) is 7.65. The Labute approximate surface area is 168 Å². The molecule has 150 valence electrons. The molecule has 8 heteroatoms. The van der Waals surface area contributed by atoms with Gasteiger partial charge in [-0.1, -0.05) is 35.5 Å². The van der Waals surface area contributed by atoms with Crippen LogP contribution in [0.4, 0.5) is 0 Å². The highest BCUT2D eigenvalue weighted by Gasteiger charge is 2.33. The lowest BCUT2D eigenvalue weighted by Gasteiger charge is -2.29. The molecule has 0 unspecified atom stereocenters. The van der Waals surface area contributed by atoms with Gasteiger partial charge in [-0.2, -0.15) is 10.1 Å². The molecule has 0 aliphatic carbocycles. The summed E-state index contributed by atoms with van der Waals surface area (Å²) in [7, 11) is 1.92. The maximum Gasteiger partial charge on any atom is 0.278 e. The van der Waals surface area contributed by atoms with Gasteiger partial charge in [0.2, 0.25) is 5.91 Å². The molecule has 0 radical (unpaired) electrons. The van der Waals surface area contributed by atoms with Crippen LogP contribution in [0.15, 0.2) is 34.9 Å². The van der Waals surface area contributed by atoms with Crippen molar-refractivity contribution in [2.75, 3.05) is 19.8 Å². The van der Waals surface area contributed by atoms with Crippen molar-refractivity contribution in [3.8, 4) is 11.6 Å². The first-order valence-corrected chi connectivity index (χ1v) is 9.97. The Balaban J connectivity index is 1.39. The number of amides is 1. The largest absolute Gasteiger partial charge is 0.381 e. The predicted molar refractivity (Wildman–Crippen MR) is 104 cm³/mol. The number of carbonyl (C=O) groups excluding carboxylic acids is 1. The van der Waals surface area contributed by atoms with E-state index < -0.39 is 0 Å². The Morgan fingerprint density at radius 3 is 2.93 bits per heavy atom. The SMILES string of the molecule is Cn1nc(-c2nc(Cc3ccccc3)no2)c2c1CCN(C(=O)[C@H]1CCOC1)C2. The summed E-state index contributed by atoms with van der Waals surface area (Å²) < 4.78 is 12.8. The van der Waals surface area contributed by atoms with Crippen molar-refractivity contribution in [1.29, 1.82) is 0 Å². The minimum atomic E-state index is -0.0300. The summed E-state index contributed by atoms with van der Waals surface area (Å²) in [6, 6.07) is 10.0. The molecule has 2 aliphatic heterocycles. The maximum absolute atomic E-state index is 12.8. The first-order chi connectivity index (χ1) is 14.2. The van der Waals surface area contributed by atoms with Gasteiger partial charge in [0, 0.05) is 50.8 Å². The van der Waals surface area contributed by atoms with E-state index in [0.29, 0.717) is 50.1 Å². The Bertz CT molecular complexity index is 1020. The zero-order chi connectivity index (χ0) is 19.8. The zero-order valence-corrected chi connectivity index (χ0v) is 16.4. The van der Waals surface area contributed by atoms with Crippen molar-refractivity contribution in [2.45, 2.75) is 25.8 Å². The van der Waals surface area contributed by atoms with Gasteiger partial charge in [-0.05, 0) is 12.0 Å². The number of carbonyl (C=O) groups is 1. The number of nitrogens with zero attached hydrogens (tertiary/aromatic N) is 5. The molecule has 1 fully saturated rings. The number of hydrogen-bond donors (Lipinski definition) is 0. The normalized spacial score (nSPS) is 18.8. The molecule has 2 aliphatic rings. The molecule has 1 amide bonds. The fraction of sp³-hybridized carbons (Fsp3) is 0.429. The van der Waals surface area contributed by atoms with Gasteiger partial charge in [0.15, 0.2) is 11.5 Å². The fourth-order valence-electron chi connectivity index (χ4n) is 4.14. The molecule has 1 atom stereocenters. The molecule has 0 bridgehead atoms. The molecular weight excluding hydrogens is 370 g/mol. The quantitative estimate of drug-likeness (QED) is 0.674. The van der Waals surface area contributed by atoms with Crippen LogP contribution in [0.5, 0.6) is 0 Å². The lowest BCUT2D eigenvalue weighted by atomic mass is 10.0. The van der Waals surface area contributed by atoms with Crippen molar-refractivity contribution >= 4 is 5.91 Å². The molecule has 0 N–H and O–H groups in total. The lowest BCUT2D eigenvalue weighted by Crippen LogP contribution is -2.40. The average molecular weight is 393 g/mol. The minimum Gasteiger partial charge on any atom is -0.381 e. The molecule has 1 saturated heterocycles. The highest BCUT2D eigenvalue weighted by Crippen LogP contribution is 2.30. The van der Waals surface area contributed by atoms with E-state index in [2.05, 4.69) is 15.2 Å². The molecule has 2 aromatic heterocycles. The van der Waals surface area contributed by atoms with Gasteiger partial charge >= 0.3 is 0 Å². The highest BCUT2D eigenvalue weighted by atomic mass is 16.5. The van der Waals surface area contributed by atoms with E-state index in [0.717, 1.165) is 29.7 Å². The zero-order valence-electron chi connectivity index (χ0n) is 16.4. The smallest absolute Gasteiger partial charge is 0.278 e. The third kappa shape index (κ3) is 3.44. The topological polar surface area (TPSA) is 86.3 Å². The molecule has 5 rings (SSSR count). The predicted octanol–water partition coefficient (Wildman–Crippen LogP) is 1.98. The molecule has 8 nitrogen and oxygen atoms in total. The Hall–Kier alpha value is -3.00. The van der Waals surface area contributed by atoms with Crippen LogP contribution in [0.3, 0.4) is 0 Å². The number of ether oxygens (including phenoxy) is 1. The van der Waals surface area contributed by atoms with Gasteiger partial charge in [-0.15, -0.1) is 0 Å². The van der Waals surface area contributed by atoms with Crippen LogP contribution < -0.4 is 0 Å². The second kappa shape index (κ2) is 7.44. The van der Waals surface area contributed by atoms with Crippen molar-refractivity contribution in [1.82, 2.24) is 24.8 Å². The van der Waals surface area contributed by atoms with Gasteiger partial charge in [0.1, 0.15) is 0 Å². The van der Waals surface area contributed by atoms with Crippen molar-refractivity contribution < 1.29 is 14.1 Å². The summed E-state index contributed by atoms with van der Waals surface area (Å²) in [4.78, 5) is 19.3. The molecule has 29 heavy (non-hydrogen) atoms. The third-order valence-electron chi connectivity index (χ3n) is 5.71. The summed E-state index contributed by atoms with van der Waals surface area (Å²) in [6.07, 6.45) is 2.17. The van der Waals surface area contributed by atoms with Crippen LogP contribution in [0, 0.1) is 5.92 Å². The third-order valence-corrected chi connectivity index (χ3v) is 5.71. The Kier molecular flexibility index (Phi) is 4.63. The van der Waals surface area contributed by atoms with Crippen LogP contribution >= 0.6 is 0 Å². The molecular formula is C21H23N5O3. The van der Waals surface area contributed by atoms with E-state index in [-0.39, 0.29) is 11.8 Å². The van der Waals surface area contributed by atoms with Crippen molar-refractivity contribution in [3.63, 3.8) is 0 Å².